The lowest BCUT2D eigenvalue weighted by Gasteiger charge is -2.37. The molecule has 1 heterocycles. The number of para-hydroxylation sites is 2. The summed E-state index contributed by atoms with van der Waals surface area (Å²) in [5.41, 5.74) is 3.50. The van der Waals surface area contributed by atoms with Gasteiger partial charge >= 0.3 is 0 Å². The van der Waals surface area contributed by atoms with Crippen molar-refractivity contribution in [2.45, 2.75) is 32.8 Å². The molecule has 2 aromatic carbocycles. The number of piperazine rings is 1. The van der Waals surface area contributed by atoms with Crippen LogP contribution in [0.1, 0.15) is 30.9 Å². The summed E-state index contributed by atoms with van der Waals surface area (Å²) < 4.78 is 11.5. The predicted molar refractivity (Wildman–Crippen MR) is 118 cm³/mol. The quantitative estimate of drug-likeness (QED) is 0.735. The van der Waals surface area contributed by atoms with E-state index in [1.165, 1.54) is 11.1 Å². The molecular weight excluding hydrogens is 364 g/mol. The molecule has 1 aliphatic heterocycles. The fourth-order valence-electron chi connectivity index (χ4n) is 3.84. The van der Waals surface area contributed by atoms with Gasteiger partial charge in [-0.2, -0.15) is 0 Å². The molecule has 5 nitrogen and oxygen atoms in total. The number of hydrogen-bond acceptors (Lipinski definition) is 5. The van der Waals surface area contributed by atoms with E-state index in [1.807, 2.05) is 18.2 Å². The molecular formula is C24H34N2O3. The second kappa shape index (κ2) is 9.99. The van der Waals surface area contributed by atoms with E-state index in [1.54, 1.807) is 7.11 Å². The molecule has 0 unspecified atom stereocenters. The van der Waals surface area contributed by atoms with E-state index in [4.69, 9.17) is 9.47 Å². The van der Waals surface area contributed by atoms with E-state index >= 15 is 0 Å². The smallest absolute Gasteiger partial charge is 0.142 e. The Bertz CT molecular complexity index is 785. The Morgan fingerprint density at radius 1 is 1.00 bits per heavy atom. The van der Waals surface area contributed by atoms with E-state index in [0.717, 1.165) is 43.4 Å². The maximum atomic E-state index is 10.5. The van der Waals surface area contributed by atoms with Gasteiger partial charge in [0, 0.05) is 32.7 Å². The van der Waals surface area contributed by atoms with E-state index in [0.29, 0.717) is 19.1 Å². The van der Waals surface area contributed by atoms with Gasteiger partial charge in [-0.1, -0.05) is 38.1 Å². The third-order valence-corrected chi connectivity index (χ3v) is 5.49. The van der Waals surface area contributed by atoms with E-state index in [9.17, 15) is 5.11 Å². The van der Waals surface area contributed by atoms with Crippen LogP contribution in [-0.4, -0.2) is 62.6 Å². The van der Waals surface area contributed by atoms with Gasteiger partial charge in [0.1, 0.15) is 24.2 Å². The Morgan fingerprint density at radius 3 is 2.41 bits per heavy atom. The SMILES string of the molecule is COc1ccccc1N1CCN(C[C@@H](O)COc2cc(C)ccc2C(C)C)CC1. The minimum Gasteiger partial charge on any atom is -0.495 e. The molecule has 1 saturated heterocycles. The summed E-state index contributed by atoms with van der Waals surface area (Å²) in [4.78, 5) is 4.65. The summed E-state index contributed by atoms with van der Waals surface area (Å²) in [6.07, 6.45) is -0.506. The van der Waals surface area contributed by atoms with Crippen LogP contribution in [0.2, 0.25) is 0 Å². The topological polar surface area (TPSA) is 45.2 Å². The van der Waals surface area contributed by atoms with Gasteiger partial charge in [-0.3, -0.25) is 4.90 Å². The minimum atomic E-state index is -0.506. The molecule has 0 saturated carbocycles. The van der Waals surface area contributed by atoms with Gasteiger partial charge in [-0.15, -0.1) is 0 Å². The highest BCUT2D eigenvalue weighted by Gasteiger charge is 2.21. The number of hydrogen-bond donors (Lipinski definition) is 1. The normalized spacial score (nSPS) is 16.1. The Balaban J connectivity index is 1.49. The molecule has 0 bridgehead atoms. The number of anilines is 1. The Hall–Kier alpha value is -2.24. The molecule has 3 rings (SSSR count). The van der Waals surface area contributed by atoms with E-state index in [2.05, 4.69) is 54.8 Å². The largest absolute Gasteiger partial charge is 0.495 e. The number of benzene rings is 2. The number of nitrogens with zero attached hydrogens (tertiary/aromatic N) is 2. The van der Waals surface area contributed by atoms with Crippen molar-refractivity contribution in [1.82, 2.24) is 4.90 Å². The van der Waals surface area contributed by atoms with Crippen molar-refractivity contribution in [3.05, 3.63) is 53.6 Å². The molecule has 1 fully saturated rings. The first-order valence-corrected chi connectivity index (χ1v) is 10.5. The average Bonchev–Trinajstić information content (AvgIpc) is 2.72. The van der Waals surface area contributed by atoms with Crippen LogP contribution in [-0.2, 0) is 0 Å². The van der Waals surface area contributed by atoms with Crippen LogP contribution in [0.4, 0.5) is 5.69 Å². The Morgan fingerprint density at radius 2 is 1.72 bits per heavy atom. The van der Waals surface area contributed by atoms with Gasteiger partial charge in [0.2, 0.25) is 0 Å². The lowest BCUT2D eigenvalue weighted by atomic mass is 10.0. The number of aliphatic hydroxyl groups is 1. The van der Waals surface area contributed by atoms with Crippen LogP contribution in [0.5, 0.6) is 11.5 Å². The number of rotatable bonds is 8. The Kier molecular flexibility index (Phi) is 7.40. The molecule has 158 valence electrons. The first-order valence-electron chi connectivity index (χ1n) is 10.5. The second-order valence-electron chi connectivity index (χ2n) is 8.12. The first-order chi connectivity index (χ1) is 14.0. The summed E-state index contributed by atoms with van der Waals surface area (Å²) in [5, 5.41) is 10.5. The van der Waals surface area contributed by atoms with Crippen LogP contribution >= 0.6 is 0 Å². The summed E-state index contributed by atoms with van der Waals surface area (Å²) in [6.45, 7) is 11.0. The third-order valence-electron chi connectivity index (χ3n) is 5.49. The fourth-order valence-corrected chi connectivity index (χ4v) is 3.84. The highest BCUT2D eigenvalue weighted by atomic mass is 16.5. The van der Waals surface area contributed by atoms with Crippen LogP contribution in [0, 0.1) is 6.92 Å². The van der Waals surface area contributed by atoms with Gasteiger partial charge < -0.3 is 19.5 Å². The number of aliphatic hydroxyl groups excluding tert-OH is 1. The van der Waals surface area contributed by atoms with Crippen LogP contribution in [0.15, 0.2) is 42.5 Å². The van der Waals surface area contributed by atoms with Crippen LogP contribution in [0.3, 0.4) is 0 Å². The number of aryl methyl sites for hydroxylation is 1. The standard InChI is InChI=1S/C24H34N2O3/c1-18(2)21-10-9-19(3)15-24(21)29-17-20(27)16-25-11-13-26(14-12-25)22-7-5-6-8-23(22)28-4/h5-10,15,18,20,27H,11-14,16-17H2,1-4H3/t20-/m1/s1. The molecule has 0 spiro atoms. The lowest BCUT2D eigenvalue weighted by molar-refractivity contribution is 0.0658. The summed E-state index contributed by atoms with van der Waals surface area (Å²) in [7, 11) is 1.71. The van der Waals surface area contributed by atoms with Gasteiger partial charge in [0.05, 0.1) is 12.8 Å². The van der Waals surface area contributed by atoms with E-state index < -0.39 is 6.10 Å². The first kappa shape index (κ1) is 21.5. The molecule has 2 aromatic rings. The van der Waals surface area contributed by atoms with Crippen molar-refractivity contribution in [2.75, 3.05) is 51.3 Å². The van der Waals surface area contributed by atoms with Gasteiger partial charge in [-0.05, 0) is 42.2 Å². The summed E-state index contributed by atoms with van der Waals surface area (Å²) in [6, 6.07) is 14.4. The molecule has 1 aliphatic rings. The molecule has 29 heavy (non-hydrogen) atoms. The van der Waals surface area contributed by atoms with Crippen LogP contribution in [0.25, 0.3) is 0 Å². The Labute approximate surface area is 174 Å². The van der Waals surface area contributed by atoms with Crippen molar-refractivity contribution in [2.24, 2.45) is 0 Å². The van der Waals surface area contributed by atoms with E-state index in [-0.39, 0.29) is 0 Å². The maximum absolute atomic E-state index is 10.5. The molecule has 0 aliphatic carbocycles. The highest BCUT2D eigenvalue weighted by Crippen LogP contribution is 2.29. The maximum Gasteiger partial charge on any atom is 0.142 e. The van der Waals surface area contributed by atoms with Gasteiger partial charge in [0.15, 0.2) is 0 Å². The third kappa shape index (κ3) is 5.64. The van der Waals surface area contributed by atoms with Crippen molar-refractivity contribution in [3.63, 3.8) is 0 Å². The number of ether oxygens (including phenoxy) is 2. The average molecular weight is 399 g/mol. The van der Waals surface area contributed by atoms with Crippen molar-refractivity contribution >= 4 is 5.69 Å². The zero-order valence-electron chi connectivity index (χ0n) is 18.1. The molecule has 1 N–H and O–H groups in total. The minimum absolute atomic E-state index is 0.315. The monoisotopic (exact) mass is 398 g/mol. The van der Waals surface area contributed by atoms with Crippen molar-refractivity contribution in [1.29, 1.82) is 0 Å². The van der Waals surface area contributed by atoms with Gasteiger partial charge in [0.25, 0.3) is 0 Å². The van der Waals surface area contributed by atoms with Crippen LogP contribution < -0.4 is 14.4 Å². The zero-order valence-corrected chi connectivity index (χ0v) is 18.1. The number of β-amino-alcohol motifs (C(OH)–C–C–N with tert-alkyl or cyclic N) is 1. The molecule has 1 atom stereocenters. The molecule has 0 amide bonds. The highest BCUT2D eigenvalue weighted by molar-refractivity contribution is 5.58. The zero-order chi connectivity index (χ0) is 20.8. The summed E-state index contributed by atoms with van der Waals surface area (Å²) >= 11 is 0. The molecule has 0 aromatic heterocycles. The van der Waals surface area contributed by atoms with Crippen molar-refractivity contribution < 1.29 is 14.6 Å². The van der Waals surface area contributed by atoms with Crippen molar-refractivity contribution in [3.8, 4) is 11.5 Å². The molecule has 5 heteroatoms. The predicted octanol–water partition coefficient (Wildman–Crippen LogP) is 3.69. The van der Waals surface area contributed by atoms with Gasteiger partial charge in [-0.25, -0.2) is 0 Å². The second-order valence-corrected chi connectivity index (χ2v) is 8.12. The fraction of sp³-hybridized carbons (Fsp3) is 0.500. The number of methoxy groups -OCH3 is 1. The lowest BCUT2D eigenvalue weighted by Crippen LogP contribution is -2.49. The summed E-state index contributed by atoms with van der Waals surface area (Å²) in [5.74, 6) is 2.19. The molecule has 0 radical (unpaired) electrons.